The van der Waals surface area contributed by atoms with E-state index in [2.05, 4.69) is 22.8 Å². The van der Waals surface area contributed by atoms with E-state index in [1.165, 1.54) is 6.21 Å². The van der Waals surface area contributed by atoms with Crippen LogP contribution in [0.15, 0.2) is 96.1 Å². The van der Waals surface area contributed by atoms with E-state index < -0.39 is 17.8 Å². The number of hydrogen-bond acceptors (Lipinski definition) is 6. The topological polar surface area (TPSA) is 106 Å². The number of nitrogens with one attached hydrogen (secondary N) is 2. The summed E-state index contributed by atoms with van der Waals surface area (Å²) in [5, 5.41) is 8.22. The molecule has 0 spiro atoms. The minimum Gasteiger partial charge on any atom is -0.494 e. The van der Waals surface area contributed by atoms with Crippen LogP contribution in [-0.4, -0.2) is 30.6 Å². The lowest BCUT2D eigenvalue weighted by atomic mass is 10.1. The minimum atomic E-state index is -0.901. The number of unbranched alkanes of at least 4 members (excludes halogenated alkanes) is 1. The summed E-state index contributed by atoms with van der Waals surface area (Å²) in [6.45, 7) is 2.73. The summed E-state index contributed by atoms with van der Waals surface area (Å²) in [4.78, 5) is 36.9. The number of ether oxygens (including phenoxy) is 2. The number of carbonyl (C=O) groups is 3. The molecular formula is C30H27N3O5. The van der Waals surface area contributed by atoms with Crippen molar-refractivity contribution in [2.24, 2.45) is 5.10 Å². The van der Waals surface area contributed by atoms with Gasteiger partial charge in [-0.05, 0) is 72.0 Å². The molecule has 0 atom stereocenters. The van der Waals surface area contributed by atoms with Gasteiger partial charge in [-0.3, -0.25) is 9.59 Å². The van der Waals surface area contributed by atoms with Gasteiger partial charge in [-0.15, -0.1) is 0 Å². The monoisotopic (exact) mass is 509 g/mol. The molecule has 0 saturated carbocycles. The van der Waals surface area contributed by atoms with Gasteiger partial charge in [0.1, 0.15) is 11.5 Å². The van der Waals surface area contributed by atoms with Crippen LogP contribution in [0.5, 0.6) is 11.5 Å². The first kappa shape index (κ1) is 26.1. The van der Waals surface area contributed by atoms with Gasteiger partial charge in [0.25, 0.3) is 0 Å². The van der Waals surface area contributed by atoms with Gasteiger partial charge in [0.05, 0.1) is 18.4 Å². The number of hydrogen-bond donors (Lipinski definition) is 2. The molecule has 0 aliphatic heterocycles. The molecule has 0 aliphatic rings. The zero-order chi connectivity index (χ0) is 26.7. The van der Waals surface area contributed by atoms with Crippen molar-refractivity contribution in [2.75, 3.05) is 11.9 Å². The van der Waals surface area contributed by atoms with E-state index in [1.807, 2.05) is 30.3 Å². The summed E-state index contributed by atoms with van der Waals surface area (Å²) in [5.41, 5.74) is 3.78. The van der Waals surface area contributed by atoms with Crippen molar-refractivity contribution in [3.63, 3.8) is 0 Å². The lowest BCUT2D eigenvalue weighted by molar-refractivity contribution is -0.136. The molecule has 4 rings (SSSR count). The molecular weight excluding hydrogens is 482 g/mol. The Bertz CT molecular complexity index is 1440. The van der Waals surface area contributed by atoms with Gasteiger partial charge in [0.15, 0.2) is 0 Å². The van der Waals surface area contributed by atoms with E-state index in [0.717, 1.165) is 23.6 Å². The molecule has 0 radical (unpaired) electrons. The molecule has 0 saturated heterocycles. The van der Waals surface area contributed by atoms with E-state index in [4.69, 9.17) is 9.47 Å². The first-order chi connectivity index (χ1) is 18.5. The van der Waals surface area contributed by atoms with Crippen LogP contribution in [0.4, 0.5) is 5.69 Å². The van der Waals surface area contributed by atoms with Gasteiger partial charge >= 0.3 is 17.8 Å². The highest BCUT2D eigenvalue weighted by atomic mass is 16.5. The van der Waals surface area contributed by atoms with Gasteiger partial charge in [0, 0.05) is 11.1 Å². The molecule has 8 heteroatoms. The summed E-state index contributed by atoms with van der Waals surface area (Å²) in [7, 11) is 0. The number of nitrogens with zero attached hydrogens (tertiary/aromatic N) is 1. The summed E-state index contributed by atoms with van der Waals surface area (Å²) in [6, 6.07) is 26.3. The highest BCUT2D eigenvalue weighted by Gasteiger charge is 2.14. The predicted octanol–water partition coefficient (Wildman–Crippen LogP) is 5.33. The summed E-state index contributed by atoms with van der Waals surface area (Å²) in [5.74, 6) is -1.16. The van der Waals surface area contributed by atoms with Crippen molar-refractivity contribution in [1.29, 1.82) is 0 Å². The second-order valence-electron chi connectivity index (χ2n) is 8.36. The normalized spacial score (nSPS) is 10.8. The van der Waals surface area contributed by atoms with Crippen LogP contribution in [0.2, 0.25) is 0 Å². The molecule has 4 aromatic rings. The van der Waals surface area contributed by atoms with Crippen molar-refractivity contribution in [2.45, 2.75) is 19.8 Å². The molecule has 38 heavy (non-hydrogen) atoms. The smallest absolute Gasteiger partial charge is 0.343 e. The molecule has 0 aliphatic carbocycles. The van der Waals surface area contributed by atoms with Crippen molar-refractivity contribution in [3.05, 3.63) is 102 Å². The first-order valence-corrected chi connectivity index (χ1v) is 12.2. The van der Waals surface area contributed by atoms with Gasteiger partial charge < -0.3 is 14.8 Å². The maximum Gasteiger partial charge on any atom is 0.343 e. The number of hydrazone groups is 1. The van der Waals surface area contributed by atoms with Crippen LogP contribution in [-0.2, 0) is 9.59 Å². The SMILES string of the molecule is CCCCOc1ccc(C(=O)Oc2ccc(/C=N/NC(=O)C(=O)Nc3cccc4ccccc34)cc2)cc1. The van der Waals surface area contributed by atoms with Gasteiger partial charge in [-0.2, -0.15) is 5.10 Å². The third kappa shape index (κ3) is 7.04. The van der Waals surface area contributed by atoms with Crippen molar-refractivity contribution < 1.29 is 23.9 Å². The summed E-state index contributed by atoms with van der Waals surface area (Å²) < 4.78 is 11.0. The van der Waals surface area contributed by atoms with Crippen molar-refractivity contribution in [3.8, 4) is 11.5 Å². The van der Waals surface area contributed by atoms with Gasteiger partial charge in [0.2, 0.25) is 0 Å². The molecule has 0 fully saturated rings. The number of esters is 1. The fourth-order valence-electron chi connectivity index (χ4n) is 3.54. The van der Waals surface area contributed by atoms with Crippen LogP contribution < -0.4 is 20.2 Å². The average Bonchev–Trinajstić information content (AvgIpc) is 2.94. The van der Waals surface area contributed by atoms with E-state index in [-0.39, 0.29) is 0 Å². The Labute approximate surface area is 220 Å². The van der Waals surface area contributed by atoms with Gasteiger partial charge in [-0.1, -0.05) is 49.7 Å². The van der Waals surface area contributed by atoms with Crippen LogP contribution in [0, 0.1) is 0 Å². The molecule has 0 aromatic heterocycles. The number of rotatable bonds is 9. The Balaban J connectivity index is 1.26. The first-order valence-electron chi connectivity index (χ1n) is 12.2. The Kier molecular flexibility index (Phi) is 8.80. The molecule has 2 amide bonds. The second-order valence-corrected chi connectivity index (χ2v) is 8.36. The molecule has 0 heterocycles. The van der Waals surface area contributed by atoms with Crippen LogP contribution >= 0.6 is 0 Å². The van der Waals surface area contributed by atoms with Gasteiger partial charge in [-0.25, -0.2) is 10.2 Å². The standard InChI is InChI=1S/C30H27N3O5/c1-2-3-19-37-24-17-13-23(14-18-24)30(36)38-25-15-11-21(12-16-25)20-31-33-29(35)28(34)32-27-10-6-8-22-7-4-5-9-26(22)27/h4-18,20H,2-3,19H2,1H3,(H,32,34)(H,33,35)/b31-20+. The maximum atomic E-state index is 12.4. The predicted molar refractivity (Wildman–Crippen MR) is 147 cm³/mol. The quantitative estimate of drug-likeness (QED) is 0.0793. The number of anilines is 1. The minimum absolute atomic E-state index is 0.355. The number of amides is 2. The Morgan fingerprint density at radius 3 is 2.29 bits per heavy atom. The molecule has 2 N–H and O–H groups in total. The largest absolute Gasteiger partial charge is 0.494 e. The van der Waals surface area contributed by atoms with Crippen LogP contribution in [0.25, 0.3) is 10.8 Å². The highest BCUT2D eigenvalue weighted by molar-refractivity contribution is 6.40. The summed E-state index contributed by atoms with van der Waals surface area (Å²) in [6.07, 6.45) is 3.40. The lowest BCUT2D eigenvalue weighted by Crippen LogP contribution is -2.32. The van der Waals surface area contributed by atoms with E-state index in [9.17, 15) is 14.4 Å². The number of carbonyl (C=O) groups excluding carboxylic acids is 3. The van der Waals surface area contributed by atoms with E-state index >= 15 is 0 Å². The van der Waals surface area contributed by atoms with E-state index in [1.54, 1.807) is 60.7 Å². The maximum absolute atomic E-state index is 12.4. The second kappa shape index (κ2) is 12.8. The fourth-order valence-corrected chi connectivity index (χ4v) is 3.54. The number of benzene rings is 4. The summed E-state index contributed by atoms with van der Waals surface area (Å²) >= 11 is 0. The Hall–Kier alpha value is -4.98. The molecule has 192 valence electrons. The zero-order valence-corrected chi connectivity index (χ0v) is 20.8. The van der Waals surface area contributed by atoms with Crippen LogP contribution in [0.3, 0.4) is 0 Å². The average molecular weight is 510 g/mol. The third-order valence-electron chi connectivity index (χ3n) is 5.57. The lowest BCUT2D eigenvalue weighted by Gasteiger charge is -2.08. The Morgan fingerprint density at radius 1 is 0.816 bits per heavy atom. The van der Waals surface area contributed by atoms with Crippen molar-refractivity contribution in [1.82, 2.24) is 5.43 Å². The Morgan fingerprint density at radius 2 is 1.53 bits per heavy atom. The molecule has 0 bridgehead atoms. The third-order valence-corrected chi connectivity index (χ3v) is 5.57. The molecule has 0 unspecified atom stereocenters. The van der Waals surface area contributed by atoms with Crippen LogP contribution in [0.1, 0.15) is 35.7 Å². The number of fused-ring (bicyclic) bond motifs is 1. The van der Waals surface area contributed by atoms with E-state index in [0.29, 0.717) is 34.9 Å². The fraction of sp³-hybridized carbons (Fsp3) is 0.133. The molecule has 8 nitrogen and oxygen atoms in total. The molecule has 4 aromatic carbocycles. The van der Waals surface area contributed by atoms with Crippen molar-refractivity contribution >= 4 is 40.5 Å². The highest BCUT2D eigenvalue weighted by Crippen LogP contribution is 2.23. The zero-order valence-electron chi connectivity index (χ0n) is 20.8.